The highest BCUT2D eigenvalue weighted by Gasteiger charge is 2.15. The lowest BCUT2D eigenvalue weighted by molar-refractivity contribution is 0.0277. The molecule has 1 fully saturated rings. The zero-order valence-corrected chi connectivity index (χ0v) is 14.1. The number of nitrogens with zero attached hydrogens (tertiary/aromatic N) is 1. The molecule has 1 aliphatic rings. The number of para-hydroxylation sites is 1. The molecule has 1 N–H and O–H groups in total. The molecule has 4 rings (SSSR count). The number of hydrogen-bond donors (Lipinski definition) is 1. The van der Waals surface area contributed by atoms with E-state index in [1.54, 1.807) is 0 Å². The molecule has 122 valence electrons. The third-order valence-corrected chi connectivity index (χ3v) is 4.70. The minimum Gasteiger partial charge on any atom is -0.371 e. The number of pyridine rings is 1. The Balaban J connectivity index is 1.54. The van der Waals surface area contributed by atoms with Gasteiger partial charge in [0.25, 0.3) is 0 Å². The number of halogens is 1. The number of rotatable bonds is 3. The molecule has 2 heterocycles. The van der Waals surface area contributed by atoms with Crippen LogP contribution in [0.5, 0.6) is 0 Å². The van der Waals surface area contributed by atoms with E-state index in [2.05, 4.69) is 29.6 Å². The average molecular weight is 339 g/mol. The van der Waals surface area contributed by atoms with Crippen LogP contribution in [-0.2, 0) is 11.2 Å². The summed E-state index contributed by atoms with van der Waals surface area (Å²) in [5.74, 6) is 0. The SMILES string of the molecule is Clc1cc(Cc2ccc([C@H]3CNCCO3)cc2)nc2ccccc12. The molecule has 0 radical (unpaired) electrons. The molecule has 0 spiro atoms. The van der Waals surface area contributed by atoms with E-state index in [0.29, 0.717) is 0 Å². The fraction of sp³-hybridized carbons (Fsp3) is 0.250. The molecule has 1 aromatic heterocycles. The fourth-order valence-corrected chi connectivity index (χ4v) is 3.40. The van der Waals surface area contributed by atoms with E-state index >= 15 is 0 Å². The summed E-state index contributed by atoms with van der Waals surface area (Å²) >= 11 is 6.39. The maximum absolute atomic E-state index is 6.39. The van der Waals surface area contributed by atoms with Crippen molar-refractivity contribution in [2.24, 2.45) is 0 Å². The molecule has 1 aliphatic heterocycles. The zero-order chi connectivity index (χ0) is 16.4. The van der Waals surface area contributed by atoms with E-state index < -0.39 is 0 Å². The zero-order valence-electron chi connectivity index (χ0n) is 13.3. The van der Waals surface area contributed by atoms with Gasteiger partial charge in [0.2, 0.25) is 0 Å². The Bertz CT molecular complexity index is 842. The van der Waals surface area contributed by atoms with Crippen LogP contribution in [0.15, 0.2) is 54.6 Å². The molecule has 2 aromatic carbocycles. The van der Waals surface area contributed by atoms with Crippen molar-refractivity contribution < 1.29 is 4.74 Å². The van der Waals surface area contributed by atoms with Crippen molar-refractivity contribution in [1.29, 1.82) is 0 Å². The largest absolute Gasteiger partial charge is 0.371 e. The number of hydrogen-bond acceptors (Lipinski definition) is 3. The number of benzene rings is 2. The van der Waals surface area contributed by atoms with Crippen molar-refractivity contribution in [3.05, 3.63) is 76.4 Å². The number of nitrogens with one attached hydrogen (secondary N) is 1. The molecule has 4 heteroatoms. The van der Waals surface area contributed by atoms with Gasteiger partial charge in [-0.1, -0.05) is 54.1 Å². The first kappa shape index (κ1) is 15.6. The first-order valence-electron chi connectivity index (χ1n) is 8.25. The first-order valence-corrected chi connectivity index (χ1v) is 8.63. The summed E-state index contributed by atoms with van der Waals surface area (Å²) in [5.41, 5.74) is 4.37. The summed E-state index contributed by atoms with van der Waals surface area (Å²) < 4.78 is 5.79. The van der Waals surface area contributed by atoms with Crippen LogP contribution in [0.2, 0.25) is 5.02 Å². The standard InChI is InChI=1S/C20H19ClN2O/c21-18-12-16(23-19-4-2-1-3-17(18)19)11-14-5-7-15(8-6-14)20-13-22-9-10-24-20/h1-8,12,20,22H,9-11,13H2/t20-/m1/s1. The Morgan fingerprint density at radius 1 is 1.12 bits per heavy atom. The van der Waals surface area contributed by atoms with Crippen LogP contribution in [0.1, 0.15) is 22.9 Å². The Morgan fingerprint density at radius 3 is 2.75 bits per heavy atom. The van der Waals surface area contributed by atoms with Crippen LogP contribution in [0.25, 0.3) is 10.9 Å². The van der Waals surface area contributed by atoms with E-state index in [0.717, 1.165) is 47.7 Å². The van der Waals surface area contributed by atoms with Crippen LogP contribution >= 0.6 is 11.6 Å². The maximum atomic E-state index is 6.39. The third kappa shape index (κ3) is 3.29. The highest BCUT2D eigenvalue weighted by Crippen LogP contribution is 2.25. The molecule has 0 bridgehead atoms. The van der Waals surface area contributed by atoms with Crippen molar-refractivity contribution >= 4 is 22.5 Å². The van der Waals surface area contributed by atoms with Crippen molar-refractivity contribution in [2.75, 3.05) is 19.7 Å². The highest BCUT2D eigenvalue weighted by molar-refractivity contribution is 6.35. The van der Waals surface area contributed by atoms with Gasteiger partial charge in [-0.15, -0.1) is 0 Å². The van der Waals surface area contributed by atoms with Crippen molar-refractivity contribution in [3.63, 3.8) is 0 Å². The molecule has 3 nitrogen and oxygen atoms in total. The lowest BCUT2D eigenvalue weighted by Crippen LogP contribution is -2.33. The van der Waals surface area contributed by atoms with Crippen LogP contribution in [-0.4, -0.2) is 24.7 Å². The predicted molar refractivity (Wildman–Crippen MR) is 97.6 cm³/mol. The molecule has 24 heavy (non-hydrogen) atoms. The van der Waals surface area contributed by atoms with Crippen LogP contribution in [0, 0.1) is 0 Å². The second-order valence-electron chi connectivity index (χ2n) is 6.09. The average Bonchev–Trinajstić information content (AvgIpc) is 2.63. The van der Waals surface area contributed by atoms with Crippen molar-refractivity contribution in [3.8, 4) is 0 Å². The minimum absolute atomic E-state index is 0.154. The topological polar surface area (TPSA) is 34.1 Å². The molecule has 0 unspecified atom stereocenters. The normalized spacial score (nSPS) is 18.0. The summed E-state index contributed by atoms with van der Waals surface area (Å²) in [6.07, 6.45) is 0.926. The predicted octanol–water partition coefficient (Wildman–Crippen LogP) is 4.14. The number of aromatic nitrogens is 1. The van der Waals surface area contributed by atoms with Gasteiger partial charge in [0, 0.05) is 30.6 Å². The van der Waals surface area contributed by atoms with Gasteiger partial charge in [-0.3, -0.25) is 4.98 Å². The van der Waals surface area contributed by atoms with Crippen LogP contribution in [0.3, 0.4) is 0 Å². The monoisotopic (exact) mass is 338 g/mol. The van der Waals surface area contributed by atoms with Gasteiger partial charge in [-0.2, -0.15) is 0 Å². The van der Waals surface area contributed by atoms with Gasteiger partial charge in [0.15, 0.2) is 0 Å². The molecule has 0 saturated carbocycles. The summed E-state index contributed by atoms with van der Waals surface area (Å²) in [6, 6.07) is 18.5. The van der Waals surface area contributed by atoms with Crippen LogP contribution in [0.4, 0.5) is 0 Å². The first-order chi connectivity index (χ1) is 11.8. The van der Waals surface area contributed by atoms with E-state index in [9.17, 15) is 0 Å². The van der Waals surface area contributed by atoms with Gasteiger partial charge in [0.1, 0.15) is 0 Å². The second kappa shape index (κ2) is 6.89. The Labute approximate surface area is 146 Å². The lowest BCUT2D eigenvalue weighted by Gasteiger charge is -2.24. The van der Waals surface area contributed by atoms with E-state index in [-0.39, 0.29) is 6.10 Å². The molecular weight excluding hydrogens is 320 g/mol. The summed E-state index contributed by atoms with van der Waals surface area (Å²) in [5, 5.41) is 5.12. The molecule has 0 aliphatic carbocycles. The molecule has 1 atom stereocenters. The maximum Gasteiger partial charge on any atom is 0.0949 e. The third-order valence-electron chi connectivity index (χ3n) is 4.38. The van der Waals surface area contributed by atoms with Crippen molar-refractivity contribution in [2.45, 2.75) is 12.5 Å². The van der Waals surface area contributed by atoms with E-state index in [1.807, 2.05) is 30.3 Å². The molecule has 0 amide bonds. The number of ether oxygens (including phenoxy) is 1. The summed E-state index contributed by atoms with van der Waals surface area (Å²) in [4.78, 5) is 4.72. The fourth-order valence-electron chi connectivity index (χ4n) is 3.11. The highest BCUT2D eigenvalue weighted by atomic mass is 35.5. The van der Waals surface area contributed by atoms with Gasteiger partial charge in [-0.25, -0.2) is 0 Å². The lowest BCUT2D eigenvalue weighted by atomic mass is 10.0. The summed E-state index contributed by atoms with van der Waals surface area (Å²) in [7, 11) is 0. The van der Waals surface area contributed by atoms with Gasteiger partial charge < -0.3 is 10.1 Å². The van der Waals surface area contributed by atoms with Crippen molar-refractivity contribution in [1.82, 2.24) is 10.3 Å². The number of morpholine rings is 1. The van der Waals surface area contributed by atoms with E-state index in [4.69, 9.17) is 21.3 Å². The van der Waals surface area contributed by atoms with Crippen LogP contribution < -0.4 is 5.32 Å². The van der Waals surface area contributed by atoms with E-state index in [1.165, 1.54) is 11.1 Å². The molecular formula is C20H19ClN2O. The smallest absolute Gasteiger partial charge is 0.0949 e. The van der Waals surface area contributed by atoms with Gasteiger partial charge in [0.05, 0.1) is 23.3 Å². The Hall–Kier alpha value is -1.94. The minimum atomic E-state index is 0.154. The second-order valence-corrected chi connectivity index (χ2v) is 6.50. The summed E-state index contributed by atoms with van der Waals surface area (Å²) in [6.45, 7) is 2.58. The van der Waals surface area contributed by atoms with Gasteiger partial charge in [-0.05, 0) is 23.3 Å². The quantitative estimate of drug-likeness (QED) is 0.779. The molecule has 1 saturated heterocycles. The Morgan fingerprint density at radius 2 is 1.96 bits per heavy atom. The van der Waals surface area contributed by atoms with Gasteiger partial charge >= 0.3 is 0 Å². The molecule has 3 aromatic rings. The Kier molecular flexibility index (Phi) is 4.48. The number of fused-ring (bicyclic) bond motifs is 1.